The van der Waals surface area contributed by atoms with E-state index in [-0.39, 0.29) is 0 Å². The van der Waals surface area contributed by atoms with Crippen LogP contribution in [-0.2, 0) is 0 Å². The van der Waals surface area contributed by atoms with Crippen LogP contribution in [0.3, 0.4) is 0 Å². The molecule has 0 fully saturated rings. The number of allylic oxidation sites excluding steroid dienone is 1. The Hall–Kier alpha value is -0.480. The lowest BCUT2D eigenvalue weighted by atomic mass is 10.3. The zero-order valence-electron chi connectivity index (χ0n) is 10.0. The van der Waals surface area contributed by atoms with Gasteiger partial charge in [-0.3, -0.25) is 0 Å². The molecule has 0 N–H and O–H groups in total. The van der Waals surface area contributed by atoms with E-state index in [9.17, 15) is 0 Å². The molecule has 94 valence electrons. The fourth-order valence-electron chi connectivity index (χ4n) is 1.20. The van der Waals surface area contributed by atoms with Crippen LogP contribution in [0.4, 0.5) is 0 Å². The second-order valence-electron chi connectivity index (χ2n) is 3.48. The van der Waals surface area contributed by atoms with Crippen LogP contribution in [0.25, 0.3) is 0 Å². The van der Waals surface area contributed by atoms with E-state index in [2.05, 4.69) is 38.8 Å². The first-order valence-electron chi connectivity index (χ1n) is 5.59. The molecule has 4 heteroatoms. The number of hydrogen-bond donors (Lipinski definition) is 0. The first-order valence-corrected chi connectivity index (χ1v) is 7.18. The summed E-state index contributed by atoms with van der Waals surface area (Å²) in [4.78, 5) is 0. The third-order valence-corrected chi connectivity index (χ3v) is 4.07. The highest BCUT2D eigenvalue weighted by atomic mass is 79.9. The maximum atomic E-state index is 5.70. The summed E-state index contributed by atoms with van der Waals surface area (Å²) in [6, 6.07) is 3.84. The first kappa shape index (κ1) is 14.6. The van der Waals surface area contributed by atoms with Crippen LogP contribution < -0.4 is 9.47 Å². The van der Waals surface area contributed by atoms with Crippen molar-refractivity contribution >= 4 is 31.9 Å². The van der Waals surface area contributed by atoms with Crippen LogP contribution in [0, 0.1) is 0 Å². The maximum absolute atomic E-state index is 5.70. The van der Waals surface area contributed by atoms with Gasteiger partial charge >= 0.3 is 0 Å². The Labute approximate surface area is 119 Å². The molecule has 0 radical (unpaired) electrons. The molecule has 0 aliphatic carbocycles. The Morgan fingerprint density at radius 2 is 2.06 bits per heavy atom. The molecule has 0 atom stereocenters. The van der Waals surface area contributed by atoms with Crippen LogP contribution >= 0.6 is 31.9 Å². The largest absolute Gasteiger partial charge is 0.490 e. The van der Waals surface area contributed by atoms with E-state index in [0.29, 0.717) is 12.4 Å². The van der Waals surface area contributed by atoms with Crippen LogP contribution in [0.5, 0.6) is 11.5 Å². The van der Waals surface area contributed by atoms with Crippen molar-refractivity contribution in [3.63, 3.8) is 0 Å². The molecule has 0 saturated carbocycles. The Balaban J connectivity index is 2.90. The van der Waals surface area contributed by atoms with Crippen LogP contribution in [0.1, 0.15) is 26.7 Å². The average molecular weight is 364 g/mol. The summed E-state index contributed by atoms with van der Waals surface area (Å²) in [6.45, 7) is 4.75. The van der Waals surface area contributed by atoms with Gasteiger partial charge in [-0.25, -0.2) is 0 Å². The predicted octanol–water partition coefficient (Wildman–Crippen LogP) is 5.30. The highest BCUT2D eigenvalue weighted by molar-refractivity contribution is 9.13. The molecule has 0 amide bonds. The van der Waals surface area contributed by atoms with Crippen molar-refractivity contribution in [3.05, 3.63) is 33.4 Å². The van der Waals surface area contributed by atoms with Gasteiger partial charge in [0.05, 0.1) is 17.3 Å². The summed E-state index contributed by atoms with van der Waals surface area (Å²) in [5, 5.41) is 0. The third-order valence-electron chi connectivity index (χ3n) is 2.09. The third kappa shape index (κ3) is 4.36. The predicted molar refractivity (Wildman–Crippen MR) is 77.7 cm³/mol. The minimum Gasteiger partial charge on any atom is -0.490 e. The molecule has 0 unspecified atom stereocenters. The number of ether oxygens (including phenoxy) is 2. The molecular formula is C13H16Br2O2. The zero-order valence-corrected chi connectivity index (χ0v) is 13.2. The quantitative estimate of drug-likeness (QED) is 0.504. The molecule has 1 aromatic carbocycles. The highest BCUT2D eigenvalue weighted by Crippen LogP contribution is 2.40. The minimum absolute atomic E-state index is 0.702. The minimum atomic E-state index is 0.702. The van der Waals surface area contributed by atoms with Gasteiger partial charge in [0.1, 0.15) is 0 Å². The van der Waals surface area contributed by atoms with Gasteiger partial charge in [0.15, 0.2) is 11.5 Å². The lowest BCUT2D eigenvalue weighted by Gasteiger charge is -2.12. The van der Waals surface area contributed by atoms with Crippen LogP contribution in [0.15, 0.2) is 33.4 Å². The molecule has 1 rings (SSSR count). The van der Waals surface area contributed by atoms with Crippen molar-refractivity contribution in [2.45, 2.75) is 26.7 Å². The molecule has 1 aromatic rings. The topological polar surface area (TPSA) is 18.5 Å². The van der Waals surface area contributed by atoms with Gasteiger partial charge in [0.25, 0.3) is 0 Å². The van der Waals surface area contributed by atoms with Crippen LogP contribution in [-0.4, -0.2) is 6.61 Å². The smallest absolute Gasteiger partial charge is 0.183 e. The maximum Gasteiger partial charge on any atom is 0.183 e. The summed E-state index contributed by atoms with van der Waals surface area (Å²) in [5.74, 6) is 1.46. The standard InChI is InChI=1S/C13H16Br2O2/c1-3-5-9-16-11-7-6-10(14)12(15)13(11)17-8-4-2/h4,6-8H,3,5,9H2,1-2H3. The van der Waals surface area contributed by atoms with E-state index >= 15 is 0 Å². The highest BCUT2D eigenvalue weighted by Gasteiger charge is 2.12. The Morgan fingerprint density at radius 1 is 1.29 bits per heavy atom. The average Bonchev–Trinajstić information content (AvgIpc) is 2.33. The SMILES string of the molecule is CC=COc1c(OCCCC)ccc(Br)c1Br. The van der Waals surface area contributed by atoms with Gasteiger partial charge in [-0.2, -0.15) is 0 Å². The van der Waals surface area contributed by atoms with E-state index in [1.54, 1.807) is 6.26 Å². The number of rotatable bonds is 6. The molecule has 0 saturated heterocycles. The summed E-state index contributed by atoms with van der Waals surface area (Å²) in [5.41, 5.74) is 0. The zero-order chi connectivity index (χ0) is 12.7. The van der Waals surface area contributed by atoms with Gasteiger partial charge < -0.3 is 9.47 Å². The molecule has 0 bridgehead atoms. The van der Waals surface area contributed by atoms with Crippen molar-refractivity contribution in [1.29, 1.82) is 0 Å². The second-order valence-corrected chi connectivity index (χ2v) is 5.13. The molecule has 0 spiro atoms. The van der Waals surface area contributed by atoms with Gasteiger partial charge in [0.2, 0.25) is 0 Å². The van der Waals surface area contributed by atoms with Crippen molar-refractivity contribution in [2.24, 2.45) is 0 Å². The summed E-state index contributed by atoms with van der Waals surface area (Å²) >= 11 is 6.93. The fourth-order valence-corrected chi connectivity index (χ4v) is 1.93. The van der Waals surface area contributed by atoms with Crippen molar-refractivity contribution in [2.75, 3.05) is 6.61 Å². The molecule has 17 heavy (non-hydrogen) atoms. The lowest BCUT2D eigenvalue weighted by Crippen LogP contribution is -1.99. The van der Waals surface area contributed by atoms with E-state index in [1.807, 2.05) is 25.1 Å². The first-order chi connectivity index (χ1) is 8.20. The van der Waals surface area contributed by atoms with E-state index in [1.165, 1.54) is 0 Å². The van der Waals surface area contributed by atoms with E-state index in [4.69, 9.17) is 9.47 Å². The Kier molecular flexibility index (Phi) is 6.66. The Bertz CT molecular complexity index is 389. The van der Waals surface area contributed by atoms with E-state index < -0.39 is 0 Å². The summed E-state index contributed by atoms with van der Waals surface area (Å²) in [6.07, 6.45) is 5.63. The van der Waals surface area contributed by atoms with E-state index in [0.717, 1.165) is 27.5 Å². The van der Waals surface area contributed by atoms with Gasteiger partial charge in [0, 0.05) is 4.47 Å². The number of benzene rings is 1. The molecule has 2 nitrogen and oxygen atoms in total. The summed E-state index contributed by atoms with van der Waals surface area (Å²) < 4.78 is 13.1. The molecular weight excluding hydrogens is 348 g/mol. The van der Waals surface area contributed by atoms with Crippen molar-refractivity contribution in [3.8, 4) is 11.5 Å². The van der Waals surface area contributed by atoms with Crippen molar-refractivity contribution in [1.82, 2.24) is 0 Å². The Morgan fingerprint density at radius 3 is 2.71 bits per heavy atom. The van der Waals surface area contributed by atoms with Crippen LogP contribution in [0.2, 0.25) is 0 Å². The monoisotopic (exact) mass is 362 g/mol. The molecule has 0 aliphatic rings. The fraction of sp³-hybridized carbons (Fsp3) is 0.385. The number of unbranched alkanes of at least 4 members (excludes halogenated alkanes) is 1. The molecule has 0 aliphatic heterocycles. The van der Waals surface area contributed by atoms with Gasteiger partial charge in [-0.1, -0.05) is 19.4 Å². The number of halogens is 2. The second kappa shape index (κ2) is 7.77. The lowest BCUT2D eigenvalue weighted by molar-refractivity contribution is 0.294. The number of hydrogen-bond acceptors (Lipinski definition) is 2. The summed E-state index contributed by atoms with van der Waals surface area (Å²) in [7, 11) is 0. The van der Waals surface area contributed by atoms with Gasteiger partial charge in [-0.05, 0) is 57.3 Å². The van der Waals surface area contributed by atoms with Gasteiger partial charge in [-0.15, -0.1) is 0 Å². The molecule has 0 heterocycles. The molecule has 0 aromatic heterocycles. The van der Waals surface area contributed by atoms with Crippen molar-refractivity contribution < 1.29 is 9.47 Å². The normalized spacial score (nSPS) is 10.8.